The van der Waals surface area contributed by atoms with Crippen LogP contribution in [-0.2, 0) is 10.9 Å². The monoisotopic (exact) mass is 306 g/mol. The lowest BCUT2D eigenvalue weighted by atomic mass is 10.1. The van der Waals surface area contributed by atoms with E-state index in [4.69, 9.17) is 22.7 Å². The zero-order chi connectivity index (χ0) is 15.5. The van der Waals surface area contributed by atoms with Crippen LogP contribution in [0, 0.1) is 0 Å². The summed E-state index contributed by atoms with van der Waals surface area (Å²) in [4.78, 5) is 11.2. The minimum absolute atomic E-state index is 0.0659. The van der Waals surface area contributed by atoms with Gasteiger partial charge in [0, 0.05) is 5.56 Å². The molecule has 0 unspecified atom stereocenters. The second-order valence-electron chi connectivity index (χ2n) is 4.20. The average Bonchev–Trinajstić information content (AvgIpc) is 2.26. The van der Waals surface area contributed by atoms with Crippen molar-refractivity contribution in [3.05, 3.63) is 29.3 Å². The zero-order valence-corrected chi connectivity index (χ0v) is 11.6. The number of rotatable bonds is 3. The van der Waals surface area contributed by atoms with E-state index in [1.54, 1.807) is 13.8 Å². The van der Waals surface area contributed by atoms with Gasteiger partial charge in [0.1, 0.15) is 4.99 Å². The van der Waals surface area contributed by atoms with E-state index < -0.39 is 17.8 Å². The number of hydrogen-bond donors (Lipinski definition) is 2. The Hall–Kier alpha value is -1.83. The molecular weight excluding hydrogens is 293 g/mol. The Labute approximate surface area is 119 Å². The number of halogens is 3. The Morgan fingerprint density at radius 2 is 2.00 bits per heavy atom. The van der Waals surface area contributed by atoms with Crippen molar-refractivity contribution in [2.45, 2.75) is 26.1 Å². The molecule has 1 rings (SSSR count). The van der Waals surface area contributed by atoms with Crippen LogP contribution in [-0.4, -0.2) is 17.2 Å². The summed E-state index contributed by atoms with van der Waals surface area (Å²) in [6.45, 7) is 3.28. The minimum Gasteiger partial charge on any atom is -0.447 e. The molecule has 1 aromatic carbocycles. The molecule has 0 aliphatic heterocycles. The highest BCUT2D eigenvalue weighted by atomic mass is 32.1. The predicted octanol–water partition coefficient (Wildman–Crippen LogP) is 3.30. The number of ether oxygens (including phenoxy) is 1. The summed E-state index contributed by atoms with van der Waals surface area (Å²) in [5.41, 5.74) is 4.47. The van der Waals surface area contributed by atoms with Crippen molar-refractivity contribution in [2.24, 2.45) is 5.73 Å². The first-order chi connectivity index (χ1) is 9.11. The summed E-state index contributed by atoms with van der Waals surface area (Å²) in [6, 6.07) is 2.69. The third-order valence-corrected chi connectivity index (χ3v) is 2.41. The van der Waals surface area contributed by atoms with Crippen LogP contribution in [0.5, 0.6) is 0 Å². The second kappa shape index (κ2) is 6.08. The van der Waals surface area contributed by atoms with Gasteiger partial charge in [0.25, 0.3) is 0 Å². The molecule has 1 aromatic rings. The van der Waals surface area contributed by atoms with E-state index in [9.17, 15) is 18.0 Å². The van der Waals surface area contributed by atoms with E-state index >= 15 is 0 Å². The standard InChI is InChI=1S/C12H13F3N2O2S/c1-6(2)19-11(18)17-9-4-3-7(12(13,14)15)5-8(9)10(16)20/h3-6H,1-2H3,(H2,16,20)(H,17,18). The molecule has 0 spiro atoms. The first-order valence-corrected chi connectivity index (χ1v) is 6.00. The molecule has 0 aliphatic carbocycles. The molecule has 110 valence electrons. The van der Waals surface area contributed by atoms with Gasteiger partial charge in [0.15, 0.2) is 0 Å². The third kappa shape index (κ3) is 4.37. The van der Waals surface area contributed by atoms with Gasteiger partial charge in [0.2, 0.25) is 0 Å². The average molecular weight is 306 g/mol. The fourth-order valence-electron chi connectivity index (χ4n) is 1.39. The number of alkyl halides is 3. The van der Waals surface area contributed by atoms with Crippen molar-refractivity contribution in [3.8, 4) is 0 Å². The van der Waals surface area contributed by atoms with Crippen molar-refractivity contribution in [3.63, 3.8) is 0 Å². The highest BCUT2D eigenvalue weighted by Crippen LogP contribution is 2.31. The highest BCUT2D eigenvalue weighted by Gasteiger charge is 2.31. The normalized spacial score (nSPS) is 11.3. The minimum atomic E-state index is -4.52. The second-order valence-corrected chi connectivity index (χ2v) is 4.64. The number of carbonyl (C=O) groups excluding carboxylic acids is 1. The number of nitrogens with one attached hydrogen (secondary N) is 1. The first-order valence-electron chi connectivity index (χ1n) is 5.60. The Kier molecular flexibility index (Phi) is 4.93. The summed E-state index contributed by atoms with van der Waals surface area (Å²) in [6.07, 6.45) is -5.67. The van der Waals surface area contributed by atoms with E-state index in [1.807, 2.05) is 0 Å². The molecule has 0 fully saturated rings. The maximum absolute atomic E-state index is 12.6. The van der Waals surface area contributed by atoms with Crippen molar-refractivity contribution in [2.75, 3.05) is 5.32 Å². The highest BCUT2D eigenvalue weighted by molar-refractivity contribution is 7.80. The van der Waals surface area contributed by atoms with Crippen LogP contribution in [0.1, 0.15) is 25.0 Å². The van der Waals surface area contributed by atoms with Gasteiger partial charge in [-0.1, -0.05) is 12.2 Å². The summed E-state index contributed by atoms with van der Waals surface area (Å²) >= 11 is 4.69. The molecule has 4 nitrogen and oxygen atoms in total. The molecule has 20 heavy (non-hydrogen) atoms. The van der Waals surface area contributed by atoms with Gasteiger partial charge in [-0.3, -0.25) is 5.32 Å². The van der Waals surface area contributed by atoms with Crippen molar-refractivity contribution < 1.29 is 22.7 Å². The van der Waals surface area contributed by atoms with Crippen molar-refractivity contribution in [1.29, 1.82) is 0 Å². The largest absolute Gasteiger partial charge is 0.447 e. The van der Waals surface area contributed by atoms with Crippen LogP contribution in [0.15, 0.2) is 18.2 Å². The van der Waals surface area contributed by atoms with Crippen LogP contribution in [0.4, 0.5) is 23.7 Å². The van der Waals surface area contributed by atoms with Crippen LogP contribution >= 0.6 is 12.2 Å². The number of amides is 1. The van der Waals surface area contributed by atoms with Gasteiger partial charge in [0.05, 0.1) is 17.4 Å². The van der Waals surface area contributed by atoms with Gasteiger partial charge in [-0.05, 0) is 32.0 Å². The van der Waals surface area contributed by atoms with Gasteiger partial charge in [-0.2, -0.15) is 13.2 Å². The zero-order valence-electron chi connectivity index (χ0n) is 10.7. The van der Waals surface area contributed by atoms with Gasteiger partial charge in [-0.15, -0.1) is 0 Å². The predicted molar refractivity (Wildman–Crippen MR) is 72.6 cm³/mol. The first kappa shape index (κ1) is 16.2. The maximum Gasteiger partial charge on any atom is 0.416 e. The van der Waals surface area contributed by atoms with Gasteiger partial charge >= 0.3 is 12.3 Å². The summed E-state index contributed by atoms with van der Waals surface area (Å²) in [5, 5.41) is 2.31. The van der Waals surface area contributed by atoms with Gasteiger partial charge < -0.3 is 10.5 Å². The van der Waals surface area contributed by atoms with Crippen LogP contribution in [0.2, 0.25) is 0 Å². The lowest BCUT2D eigenvalue weighted by Gasteiger charge is -2.14. The third-order valence-electron chi connectivity index (χ3n) is 2.19. The van der Waals surface area contributed by atoms with Crippen molar-refractivity contribution >= 4 is 29.0 Å². The number of hydrogen-bond acceptors (Lipinski definition) is 3. The number of benzene rings is 1. The lowest BCUT2D eigenvalue weighted by Crippen LogP contribution is -2.21. The van der Waals surface area contributed by atoms with Crippen molar-refractivity contribution in [1.82, 2.24) is 0 Å². The summed E-state index contributed by atoms with van der Waals surface area (Å²) < 4.78 is 42.6. The number of nitrogens with two attached hydrogens (primary N) is 1. The molecule has 8 heteroatoms. The van der Waals surface area contributed by atoms with Crippen LogP contribution in [0.25, 0.3) is 0 Å². The molecule has 0 atom stereocenters. The molecule has 0 aliphatic rings. The Bertz CT molecular complexity index is 530. The summed E-state index contributed by atoms with van der Waals surface area (Å²) in [5.74, 6) is 0. The molecule has 1 amide bonds. The lowest BCUT2D eigenvalue weighted by molar-refractivity contribution is -0.137. The molecular formula is C12H13F3N2O2S. The number of thiocarbonyl (C=S) groups is 1. The SMILES string of the molecule is CC(C)OC(=O)Nc1ccc(C(F)(F)F)cc1C(N)=S. The maximum atomic E-state index is 12.6. The fourth-order valence-corrected chi connectivity index (χ4v) is 1.56. The van der Waals surface area contributed by atoms with E-state index in [-0.39, 0.29) is 22.3 Å². The molecule has 0 saturated carbocycles. The topological polar surface area (TPSA) is 64.3 Å². The number of anilines is 1. The Balaban J connectivity index is 3.08. The van der Waals surface area contributed by atoms with Crippen LogP contribution < -0.4 is 11.1 Å². The Morgan fingerprint density at radius 1 is 1.40 bits per heavy atom. The molecule has 0 saturated heterocycles. The van der Waals surface area contributed by atoms with E-state index in [2.05, 4.69) is 5.32 Å². The van der Waals surface area contributed by atoms with E-state index in [1.165, 1.54) is 0 Å². The smallest absolute Gasteiger partial charge is 0.416 e. The molecule has 3 N–H and O–H groups in total. The summed E-state index contributed by atoms with van der Waals surface area (Å²) in [7, 11) is 0. The quantitative estimate of drug-likeness (QED) is 0.841. The van der Waals surface area contributed by atoms with E-state index in [0.29, 0.717) is 0 Å². The Morgan fingerprint density at radius 3 is 2.45 bits per heavy atom. The fraction of sp³-hybridized carbons (Fsp3) is 0.333. The molecule has 0 heterocycles. The molecule has 0 bridgehead atoms. The van der Waals surface area contributed by atoms with E-state index in [0.717, 1.165) is 18.2 Å². The van der Waals surface area contributed by atoms with Crippen LogP contribution in [0.3, 0.4) is 0 Å². The molecule has 0 radical (unpaired) electrons. The van der Waals surface area contributed by atoms with Gasteiger partial charge in [-0.25, -0.2) is 4.79 Å². The molecule has 0 aromatic heterocycles. The number of carbonyl (C=O) groups is 1.